The Bertz CT molecular complexity index is 1060. The third-order valence-electron chi connectivity index (χ3n) is 5.55. The lowest BCUT2D eigenvalue weighted by Crippen LogP contribution is -2.33. The number of hydrogen-bond acceptors (Lipinski definition) is 8. The second-order valence-electron chi connectivity index (χ2n) is 6.99. The Balaban J connectivity index is 2.39. The molecule has 0 radical (unpaired) electrons. The summed E-state index contributed by atoms with van der Waals surface area (Å²) < 4.78 is 32.1. The predicted octanol–water partition coefficient (Wildman–Crippen LogP) is 3.21. The van der Waals surface area contributed by atoms with Crippen LogP contribution in [-0.2, 0) is 19.1 Å². The van der Waals surface area contributed by atoms with Gasteiger partial charge in [-0.2, -0.15) is 0 Å². The highest BCUT2D eigenvalue weighted by Crippen LogP contribution is 2.51. The number of carbonyl (C=O) groups is 2. The zero-order valence-electron chi connectivity index (χ0n) is 18.9. The second-order valence-corrected chi connectivity index (χ2v) is 6.99. The summed E-state index contributed by atoms with van der Waals surface area (Å²) in [6.45, 7) is 0. The van der Waals surface area contributed by atoms with Crippen LogP contribution in [0.2, 0.25) is 0 Å². The fourth-order valence-corrected chi connectivity index (χ4v) is 4.12. The molecule has 1 aliphatic carbocycles. The van der Waals surface area contributed by atoms with Gasteiger partial charge in [0.1, 0.15) is 0 Å². The average Bonchev–Trinajstić information content (AvgIpc) is 2.85. The number of benzene rings is 2. The van der Waals surface area contributed by atoms with Crippen LogP contribution in [0.4, 0.5) is 0 Å². The van der Waals surface area contributed by atoms with Crippen molar-refractivity contribution in [2.45, 2.75) is 5.92 Å². The summed E-state index contributed by atoms with van der Waals surface area (Å²) in [5, 5.41) is 0. The molecule has 0 heterocycles. The van der Waals surface area contributed by atoms with Crippen LogP contribution in [-0.4, -0.2) is 54.6 Å². The van der Waals surface area contributed by atoms with Crippen molar-refractivity contribution in [3.05, 3.63) is 52.6 Å². The van der Waals surface area contributed by atoms with Crippen molar-refractivity contribution in [3.63, 3.8) is 0 Å². The van der Waals surface area contributed by atoms with Crippen LogP contribution in [0.3, 0.4) is 0 Å². The van der Waals surface area contributed by atoms with E-state index in [2.05, 4.69) is 0 Å². The molecule has 0 amide bonds. The Hall–Kier alpha value is -3.68. The molecule has 1 aliphatic rings. The number of ether oxygens (including phenoxy) is 6. The summed E-state index contributed by atoms with van der Waals surface area (Å²) in [6, 6.07) is 8.87. The molecule has 0 aromatic heterocycles. The third-order valence-corrected chi connectivity index (χ3v) is 5.55. The lowest BCUT2D eigenvalue weighted by molar-refractivity contribution is -0.147. The summed E-state index contributed by atoms with van der Waals surface area (Å²) in [7, 11) is 8.67. The highest BCUT2D eigenvalue weighted by molar-refractivity contribution is 6.02. The molecule has 0 bridgehead atoms. The normalized spacial score (nSPS) is 16.9. The van der Waals surface area contributed by atoms with Crippen molar-refractivity contribution in [1.29, 1.82) is 0 Å². The van der Waals surface area contributed by atoms with Gasteiger partial charge in [-0.15, -0.1) is 0 Å². The molecule has 0 N–H and O–H groups in total. The Kier molecular flexibility index (Phi) is 6.92. The minimum atomic E-state index is -0.987. The van der Waals surface area contributed by atoms with Gasteiger partial charge in [0.25, 0.3) is 0 Å². The van der Waals surface area contributed by atoms with Gasteiger partial charge in [0.15, 0.2) is 23.0 Å². The topological polar surface area (TPSA) is 89.5 Å². The summed E-state index contributed by atoms with van der Waals surface area (Å²) in [5.74, 6) is -0.882. The molecule has 0 aliphatic heterocycles. The van der Waals surface area contributed by atoms with E-state index in [-0.39, 0.29) is 5.57 Å². The maximum absolute atomic E-state index is 13.0. The molecule has 2 aromatic carbocycles. The number of fused-ring (bicyclic) bond motifs is 1. The Labute approximate surface area is 186 Å². The van der Waals surface area contributed by atoms with E-state index in [4.69, 9.17) is 28.4 Å². The van der Waals surface area contributed by atoms with E-state index >= 15 is 0 Å². The first-order valence-electron chi connectivity index (χ1n) is 9.80. The SMILES string of the molecule is COC(=O)C1=Cc2ccc(OC)c(OC)c2[C@@H](c2ccc(OC)c(OC)c2)[C@@H]1C(=O)OC. The van der Waals surface area contributed by atoms with Crippen LogP contribution in [0, 0.1) is 5.92 Å². The molecule has 2 atom stereocenters. The van der Waals surface area contributed by atoms with E-state index in [0.717, 1.165) is 0 Å². The predicted molar refractivity (Wildman–Crippen MR) is 116 cm³/mol. The smallest absolute Gasteiger partial charge is 0.334 e. The van der Waals surface area contributed by atoms with Crippen molar-refractivity contribution in [3.8, 4) is 23.0 Å². The Morgan fingerprint density at radius 1 is 0.750 bits per heavy atom. The third kappa shape index (κ3) is 3.84. The van der Waals surface area contributed by atoms with Gasteiger partial charge in [-0.25, -0.2) is 4.79 Å². The van der Waals surface area contributed by atoms with Crippen LogP contribution in [0.25, 0.3) is 6.08 Å². The Morgan fingerprint density at radius 3 is 1.97 bits per heavy atom. The quantitative estimate of drug-likeness (QED) is 0.604. The molecule has 0 saturated carbocycles. The van der Waals surface area contributed by atoms with Gasteiger partial charge in [0.05, 0.1) is 54.1 Å². The molecule has 8 heteroatoms. The van der Waals surface area contributed by atoms with Crippen molar-refractivity contribution < 1.29 is 38.0 Å². The zero-order chi connectivity index (χ0) is 23.4. The molecule has 0 unspecified atom stereocenters. The number of hydrogen-bond donors (Lipinski definition) is 0. The molecule has 0 saturated heterocycles. The molecular weight excluding hydrogens is 416 g/mol. The number of esters is 2. The average molecular weight is 442 g/mol. The van der Waals surface area contributed by atoms with Crippen LogP contribution < -0.4 is 18.9 Å². The molecular formula is C24H26O8. The van der Waals surface area contributed by atoms with Crippen LogP contribution in [0.1, 0.15) is 22.6 Å². The van der Waals surface area contributed by atoms with Gasteiger partial charge in [-0.3, -0.25) is 4.79 Å². The highest BCUT2D eigenvalue weighted by atomic mass is 16.5. The highest BCUT2D eigenvalue weighted by Gasteiger charge is 2.44. The van der Waals surface area contributed by atoms with E-state index in [9.17, 15) is 9.59 Å². The lowest BCUT2D eigenvalue weighted by atomic mass is 9.71. The van der Waals surface area contributed by atoms with E-state index < -0.39 is 23.8 Å². The minimum absolute atomic E-state index is 0.179. The van der Waals surface area contributed by atoms with Crippen molar-refractivity contribution in [1.82, 2.24) is 0 Å². The van der Waals surface area contributed by atoms with Gasteiger partial charge in [-0.05, 0) is 35.4 Å². The van der Waals surface area contributed by atoms with E-state index in [0.29, 0.717) is 39.7 Å². The largest absolute Gasteiger partial charge is 0.493 e. The van der Waals surface area contributed by atoms with E-state index in [1.807, 2.05) is 6.07 Å². The molecule has 0 spiro atoms. The molecule has 170 valence electrons. The summed E-state index contributed by atoms with van der Waals surface area (Å²) in [6.07, 6.45) is 1.63. The number of methoxy groups -OCH3 is 6. The molecule has 3 rings (SSSR count). The summed E-state index contributed by atoms with van der Waals surface area (Å²) in [5.41, 5.74) is 2.25. The van der Waals surface area contributed by atoms with Gasteiger partial charge in [0.2, 0.25) is 0 Å². The minimum Gasteiger partial charge on any atom is -0.493 e. The first kappa shape index (κ1) is 23.0. The Morgan fingerprint density at radius 2 is 1.41 bits per heavy atom. The number of rotatable bonds is 7. The fraction of sp³-hybridized carbons (Fsp3) is 0.333. The summed E-state index contributed by atoms with van der Waals surface area (Å²) >= 11 is 0. The zero-order valence-corrected chi connectivity index (χ0v) is 18.9. The maximum atomic E-state index is 13.0. The van der Waals surface area contributed by atoms with Gasteiger partial charge in [0, 0.05) is 11.5 Å². The van der Waals surface area contributed by atoms with Gasteiger partial charge < -0.3 is 28.4 Å². The van der Waals surface area contributed by atoms with Crippen molar-refractivity contribution >= 4 is 18.0 Å². The first-order valence-corrected chi connectivity index (χ1v) is 9.80. The van der Waals surface area contributed by atoms with Gasteiger partial charge >= 0.3 is 11.9 Å². The van der Waals surface area contributed by atoms with Crippen LogP contribution in [0.5, 0.6) is 23.0 Å². The van der Waals surface area contributed by atoms with Crippen LogP contribution >= 0.6 is 0 Å². The van der Waals surface area contributed by atoms with Crippen LogP contribution in [0.15, 0.2) is 35.9 Å². The van der Waals surface area contributed by atoms with E-state index in [1.54, 1.807) is 30.3 Å². The molecule has 32 heavy (non-hydrogen) atoms. The second kappa shape index (κ2) is 9.64. The van der Waals surface area contributed by atoms with Crippen molar-refractivity contribution in [2.75, 3.05) is 42.7 Å². The fourth-order valence-electron chi connectivity index (χ4n) is 4.12. The molecule has 2 aromatic rings. The van der Waals surface area contributed by atoms with E-state index in [1.165, 1.54) is 42.7 Å². The lowest BCUT2D eigenvalue weighted by Gasteiger charge is -2.33. The maximum Gasteiger partial charge on any atom is 0.334 e. The monoisotopic (exact) mass is 442 g/mol. The molecule has 0 fully saturated rings. The van der Waals surface area contributed by atoms with Gasteiger partial charge in [-0.1, -0.05) is 12.1 Å². The summed E-state index contributed by atoms with van der Waals surface area (Å²) in [4.78, 5) is 25.7. The van der Waals surface area contributed by atoms with Crippen molar-refractivity contribution in [2.24, 2.45) is 5.92 Å². The first-order chi connectivity index (χ1) is 15.4. The standard InChI is InChI=1S/C24H26O8/c1-27-16-9-7-14(12-18(16)29-3)19-20-13(8-10-17(28-2)22(20)30-4)11-15(23(25)31-5)21(19)24(26)32-6/h7-12,19,21H,1-6H3/t19-,21-/m1/s1. The molecule has 8 nitrogen and oxygen atoms in total. The number of carbonyl (C=O) groups excluding carboxylic acids is 2.